The van der Waals surface area contributed by atoms with E-state index in [0.29, 0.717) is 0 Å². The van der Waals surface area contributed by atoms with E-state index < -0.39 is 0 Å². The number of hydrogen-bond donors (Lipinski definition) is 2. The van der Waals surface area contributed by atoms with Gasteiger partial charge in [-0.2, -0.15) is 0 Å². The van der Waals surface area contributed by atoms with Crippen LogP contribution in [0.25, 0.3) is 0 Å². The third-order valence-corrected chi connectivity index (χ3v) is 3.49. The number of benzene rings is 2. The lowest BCUT2D eigenvalue weighted by atomic mass is 10.1. The van der Waals surface area contributed by atoms with Gasteiger partial charge in [0.05, 0.1) is 13.7 Å². The van der Waals surface area contributed by atoms with Crippen LogP contribution in [0.3, 0.4) is 0 Å². The zero-order chi connectivity index (χ0) is 14.4. The summed E-state index contributed by atoms with van der Waals surface area (Å²) in [4.78, 5) is 0. The minimum atomic E-state index is 0.0703. The maximum Gasteiger partial charge on any atom is 0.123 e. The second-order valence-corrected chi connectivity index (χ2v) is 4.77. The van der Waals surface area contributed by atoms with Gasteiger partial charge in [-0.05, 0) is 24.1 Å². The van der Waals surface area contributed by atoms with E-state index in [1.807, 2.05) is 42.5 Å². The highest BCUT2D eigenvalue weighted by Crippen LogP contribution is 2.24. The van der Waals surface area contributed by atoms with E-state index >= 15 is 0 Å². The standard InChI is InChI=1S/C17H21NO2/c1-13(16-9-5-6-10-17(16)20-2)18-11-14-7-3-4-8-15(14)12-19/h3-10,13,18-19H,11-12H2,1-2H3. The van der Waals surface area contributed by atoms with Crippen molar-refractivity contribution in [3.05, 3.63) is 65.2 Å². The molecule has 0 heterocycles. The molecule has 0 saturated heterocycles. The summed E-state index contributed by atoms with van der Waals surface area (Å²) < 4.78 is 5.38. The molecule has 20 heavy (non-hydrogen) atoms. The van der Waals surface area contributed by atoms with Gasteiger partial charge in [0.1, 0.15) is 5.75 Å². The van der Waals surface area contributed by atoms with Crippen molar-refractivity contribution in [3.8, 4) is 5.75 Å². The summed E-state index contributed by atoms with van der Waals surface area (Å²) in [6.45, 7) is 2.90. The quantitative estimate of drug-likeness (QED) is 0.848. The summed E-state index contributed by atoms with van der Waals surface area (Å²) in [5.41, 5.74) is 3.22. The number of aliphatic hydroxyl groups excluding tert-OH is 1. The SMILES string of the molecule is COc1ccccc1C(C)NCc1ccccc1CO. The predicted octanol–water partition coefficient (Wildman–Crippen LogP) is 3.04. The van der Waals surface area contributed by atoms with Gasteiger partial charge < -0.3 is 15.2 Å². The van der Waals surface area contributed by atoms with Crippen LogP contribution in [0, 0.1) is 0 Å². The molecular formula is C17H21NO2. The Morgan fingerprint density at radius 1 is 1.05 bits per heavy atom. The smallest absolute Gasteiger partial charge is 0.123 e. The maximum absolute atomic E-state index is 9.34. The number of ether oxygens (including phenoxy) is 1. The summed E-state index contributed by atoms with van der Waals surface area (Å²) in [5.74, 6) is 0.892. The van der Waals surface area contributed by atoms with Crippen molar-refractivity contribution < 1.29 is 9.84 Å². The molecule has 2 aromatic carbocycles. The first-order chi connectivity index (χ1) is 9.76. The molecule has 2 N–H and O–H groups in total. The van der Waals surface area contributed by atoms with Gasteiger partial charge in [0, 0.05) is 18.2 Å². The average molecular weight is 271 g/mol. The fourth-order valence-electron chi connectivity index (χ4n) is 2.28. The van der Waals surface area contributed by atoms with Crippen molar-refractivity contribution in [1.29, 1.82) is 0 Å². The second kappa shape index (κ2) is 7.08. The van der Waals surface area contributed by atoms with Gasteiger partial charge in [0.25, 0.3) is 0 Å². The van der Waals surface area contributed by atoms with Gasteiger partial charge >= 0.3 is 0 Å². The Balaban J connectivity index is 2.07. The van der Waals surface area contributed by atoms with Gasteiger partial charge in [0.15, 0.2) is 0 Å². The highest BCUT2D eigenvalue weighted by atomic mass is 16.5. The second-order valence-electron chi connectivity index (χ2n) is 4.77. The van der Waals surface area contributed by atoms with Crippen LogP contribution < -0.4 is 10.1 Å². The van der Waals surface area contributed by atoms with Crippen LogP contribution in [-0.4, -0.2) is 12.2 Å². The largest absolute Gasteiger partial charge is 0.496 e. The lowest BCUT2D eigenvalue weighted by molar-refractivity contribution is 0.280. The van der Waals surface area contributed by atoms with Crippen molar-refractivity contribution in [2.45, 2.75) is 26.1 Å². The number of nitrogens with one attached hydrogen (secondary N) is 1. The Bertz CT molecular complexity index is 554. The summed E-state index contributed by atoms with van der Waals surface area (Å²) in [6.07, 6.45) is 0. The van der Waals surface area contributed by atoms with E-state index in [9.17, 15) is 5.11 Å². The van der Waals surface area contributed by atoms with Crippen LogP contribution in [-0.2, 0) is 13.2 Å². The Kier molecular flexibility index (Phi) is 5.16. The number of aliphatic hydroxyl groups is 1. The Hall–Kier alpha value is -1.84. The Morgan fingerprint density at radius 2 is 1.70 bits per heavy atom. The van der Waals surface area contributed by atoms with Crippen molar-refractivity contribution >= 4 is 0 Å². The van der Waals surface area contributed by atoms with E-state index in [4.69, 9.17) is 4.74 Å². The summed E-state index contributed by atoms with van der Waals surface area (Å²) in [7, 11) is 1.69. The third-order valence-electron chi connectivity index (χ3n) is 3.49. The van der Waals surface area contributed by atoms with Crippen molar-refractivity contribution in [2.75, 3.05) is 7.11 Å². The molecule has 0 saturated carbocycles. The predicted molar refractivity (Wildman–Crippen MR) is 80.6 cm³/mol. The van der Waals surface area contributed by atoms with Crippen LogP contribution in [0.2, 0.25) is 0 Å². The first-order valence-electron chi connectivity index (χ1n) is 6.80. The normalized spacial score (nSPS) is 12.2. The van der Waals surface area contributed by atoms with Crippen LogP contribution >= 0.6 is 0 Å². The molecule has 0 bridgehead atoms. The monoisotopic (exact) mass is 271 g/mol. The van der Waals surface area contributed by atoms with Crippen molar-refractivity contribution in [3.63, 3.8) is 0 Å². The molecule has 0 aliphatic heterocycles. The van der Waals surface area contributed by atoms with E-state index in [1.54, 1.807) is 7.11 Å². The molecule has 0 aliphatic rings. The summed E-state index contributed by atoms with van der Waals surface area (Å²) in [6, 6.07) is 16.1. The molecule has 0 spiro atoms. The van der Waals surface area contributed by atoms with Gasteiger partial charge in [-0.15, -0.1) is 0 Å². The molecule has 0 aromatic heterocycles. The molecule has 3 nitrogen and oxygen atoms in total. The first kappa shape index (κ1) is 14.6. The highest BCUT2D eigenvalue weighted by Gasteiger charge is 2.10. The minimum Gasteiger partial charge on any atom is -0.496 e. The van der Waals surface area contributed by atoms with E-state index in [2.05, 4.69) is 18.3 Å². The lowest BCUT2D eigenvalue weighted by Gasteiger charge is -2.18. The molecular weight excluding hydrogens is 250 g/mol. The molecule has 106 valence electrons. The zero-order valence-corrected chi connectivity index (χ0v) is 12.0. The molecule has 2 aromatic rings. The average Bonchev–Trinajstić information content (AvgIpc) is 2.52. The molecule has 0 aliphatic carbocycles. The minimum absolute atomic E-state index is 0.0703. The Labute approximate surface area is 120 Å². The van der Waals surface area contributed by atoms with Crippen LogP contribution in [0.15, 0.2) is 48.5 Å². The fourth-order valence-corrected chi connectivity index (χ4v) is 2.28. The van der Waals surface area contributed by atoms with Gasteiger partial charge in [-0.25, -0.2) is 0 Å². The lowest BCUT2D eigenvalue weighted by Crippen LogP contribution is -2.19. The van der Waals surface area contributed by atoms with Crippen LogP contribution in [0.4, 0.5) is 0 Å². The number of hydrogen-bond acceptors (Lipinski definition) is 3. The van der Waals surface area contributed by atoms with Crippen LogP contribution in [0.5, 0.6) is 5.75 Å². The highest BCUT2D eigenvalue weighted by molar-refractivity contribution is 5.35. The topological polar surface area (TPSA) is 41.5 Å². The summed E-state index contributed by atoms with van der Waals surface area (Å²) >= 11 is 0. The molecule has 1 unspecified atom stereocenters. The summed E-state index contributed by atoms with van der Waals surface area (Å²) in [5, 5.41) is 12.8. The number of para-hydroxylation sites is 1. The van der Waals surface area contributed by atoms with Gasteiger partial charge in [-0.3, -0.25) is 0 Å². The number of rotatable bonds is 6. The molecule has 3 heteroatoms. The molecule has 1 atom stereocenters. The van der Waals surface area contributed by atoms with E-state index in [1.165, 1.54) is 0 Å². The first-order valence-corrected chi connectivity index (χ1v) is 6.80. The van der Waals surface area contributed by atoms with E-state index in [0.717, 1.165) is 29.0 Å². The molecule has 0 radical (unpaired) electrons. The molecule has 0 fully saturated rings. The zero-order valence-electron chi connectivity index (χ0n) is 12.0. The van der Waals surface area contributed by atoms with Crippen molar-refractivity contribution in [1.82, 2.24) is 5.32 Å². The third kappa shape index (κ3) is 3.38. The van der Waals surface area contributed by atoms with Crippen molar-refractivity contribution in [2.24, 2.45) is 0 Å². The van der Waals surface area contributed by atoms with E-state index in [-0.39, 0.29) is 12.6 Å². The maximum atomic E-state index is 9.34. The number of methoxy groups -OCH3 is 1. The van der Waals surface area contributed by atoms with Crippen LogP contribution in [0.1, 0.15) is 29.7 Å². The molecule has 2 rings (SSSR count). The Morgan fingerprint density at radius 3 is 2.40 bits per heavy atom. The van der Waals surface area contributed by atoms with Gasteiger partial charge in [0.2, 0.25) is 0 Å². The van der Waals surface area contributed by atoms with Gasteiger partial charge in [-0.1, -0.05) is 42.5 Å². The fraction of sp³-hybridized carbons (Fsp3) is 0.294. The molecule has 0 amide bonds.